The van der Waals surface area contributed by atoms with Gasteiger partial charge in [-0.2, -0.15) is 0 Å². The van der Waals surface area contributed by atoms with Gasteiger partial charge in [-0.25, -0.2) is 9.37 Å². The van der Waals surface area contributed by atoms with Crippen LogP contribution < -0.4 is 5.32 Å². The summed E-state index contributed by atoms with van der Waals surface area (Å²) in [5.41, 5.74) is 0.952. The van der Waals surface area contributed by atoms with Gasteiger partial charge >= 0.3 is 0 Å². The molecule has 0 spiro atoms. The van der Waals surface area contributed by atoms with E-state index in [4.69, 9.17) is 0 Å². The smallest absolute Gasteiger partial charge is 0.170 e. The molecule has 0 fully saturated rings. The first-order valence-electron chi connectivity index (χ1n) is 5.46. The Kier molecular flexibility index (Phi) is 4.17. The van der Waals surface area contributed by atoms with Gasteiger partial charge in [0, 0.05) is 23.8 Å². The van der Waals surface area contributed by atoms with Gasteiger partial charge in [0.25, 0.3) is 0 Å². The van der Waals surface area contributed by atoms with Gasteiger partial charge < -0.3 is 10.3 Å². The number of H-pyrrole nitrogens is 1. The summed E-state index contributed by atoms with van der Waals surface area (Å²) in [6.07, 6.45) is 3.48. The molecule has 0 unspecified atom stereocenters. The van der Waals surface area contributed by atoms with Crippen LogP contribution in [0.3, 0.4) is 0 Å². The zero-order valence-corrected chi connectivity index (χ0v) is 10.4. The van der Waals surface area contributed by atoms with E-state index in [2.05, 4.69) is 15.3 Å². The highest BCUT2D eigenvalue weighted by Crippen LogP contribution is 2.28. The maximum Gasteiger partial charge on any atom is 0.170 e. The molecule has 17 heavy (non-hydrogen) atoms. The second-order valence-electron chi connectivity index (χ2n) is 3.53. The lowest BCUT2D eigenvalue weighted by Gasteiger charge is -2.08. The van der Waals surface area contributed by atoms with Crippen molar-refractivity contribution < 1.29 is 4.39 Å². The fourth-order valence-corrected chi connectivity index (χ4v) is 2.30. The predicted molar refractivity (Wildman–Crippen MR) is 66.5 cm³/mol. The minimum absolute atomic E-state index is 0.207. The van der Waals surface area contributed by atoms with Crippen LogP contribution in [0, 0.1) is 5.82 Å². The predicted octanol–water partition coefficient (Wildman–Crippen LogP) is 2.81. The standard InChI is InChI=1S/C12H14FN3S/c1-2-14-8-9-7-10(13)3-4-11(9)17-12-15-5-6-16-12/h3-7,14H,2,8H2,1H3,(H,15,16). The number of nitrogens with one attached hydrogen (secondary N) is 2. The molecule has 0 amide bonds. The van der Waals surface area contributed by atoms with E-state index in [0.717, 1.165) is 22.2 Å². The zero-order valence-electron chi connectivity index (χ0n) is 9.53. The largest absolute Gasteiger partial charge is 0.339 e. The third-order valence-corrected chi connectivity index (χ3v) is 3.30. The van der Waals surface area contributed by atoms with Crippen molar-refractivity contribution >= 4 is 11.8 Å². The maximum absolute atomic E-state index is 13.2. The number of halogens is 1. The van der Waals surface area contributed by atoms with Crippen molar-refractivity contribution in [2.24, 2.45) is 0 Å². The molecule has 0 saturated carbocycles. The first-order valence-corrected chi connectivity index (χ1v) is 6.27. The van der Waals surface area contributed by atoms with Crippen LogP contribution >= 0.6 is 11.8 Å². The van der Waals surface area contributed by atoms with Crippen LogP contribution in [0.5, 0.6) is 0 Å². The molecule has 0 atom stereocenters. The topological polar surface area (TPSA) is 40.7 Å². The fourth-order valence-electron chi connectivity index (χ4n) is 1.46. The number of hydrogen-bond donors (Lipinski definition) is 2. The van der Waals surface area contributed by atoms with Crippen molar-refractivity contribution in [2.75, 3.05) is 6.54 Å². The van der Waals surface area contributed by atoms with Gasteiger partial charge in [-0.05, 0) is 30.3 Å². The Bertz CT molecular complexity index is 471. The lowest BCUT2D eigenvalue weighted by Crippen LogP contribution is -2.12. The van der Waals surface area contributed by atoms with E-state index in [1.807, 2.05) is 6.92 Å². The molecule has 0 aliphatic heterocycles. The van der Waals surface area contributed by atoms with Crippen LogP contribution in [0.1, 0.15) is 12.5 Å². The summed E-state index contributed by atoms with van der Waals surface area (Å²) in [6.45, 7) is 3.55. The molecule has 2 N–H and O–H groups in total. The van der Waals surface area contributed by atoms with Crippen molar-refractivity contribution in [3.05, 3.63) is 42.0 Å². The van der Waals surface area contributed by atoms with Gasteiger partial charge in [0.1, 0.15) is 5.82 Å². The van der Waals surface area contributed by atoms with E-state index in [9.17, 15) is 4.39 Å². The van der Waals surface area contributed by atoms with Gasteiger partial charge in [0.2, 0.25) is 0 Å². The van der Waals surface area contributed by atoms with Crippen molar-refractivity contribution in [1.29, 1.82) is 0 Å². The second kappa shape index (κ2) is 5.84. The van der Waals surface area contributed by atoms with E-state index in [0.29, 0.717) is 6.54 Å². The van der Waals surface area contributed by atoms with Crippen LogP contribution in [-0.2, 0) is 6.54 Å². The lowest BCUT2D eigenvalue weighted by molar-refractivity contribution is 0.619. The number of nitrogens with zero attached hydrogens (tertiary/aromatic N) is 1. The molecule has 2 rings (SSSR count). The SMILES string of the molecule is CCNCc1cc(F)ccc1Sc1ncc[nH]1. The third kappa shape index (κ3) is 3.31. The Hall–Kier alpha value is -1.33. The van der Waals surface area contributed by atoms with E-state index < -0.39 is 0 Å². The Morgan fingerprint density at radius 1 is 1.47 bits per heavy atom. The highest BCUT2D eigenvalue weighted by Gasteiger charge is 2.07. The normalized spacial score (nSPS) is 10.7. The van der Waals surface area contributed by atoms with Gasteiger partial charge in [-0.1, -0.05) is 18.7 Å². The summed E-state index contributed by atoms with van der Waals surface area (Å²) in [5.74, 6) is -0.207. The van der Waals surface area contributed by atoms with Crippen LogP contribution in [0.4, 0.5) is 4.39 Å². The number of imidazole rings is 1. The number of hydrogen-bond acceptors (Lipinski definition) is 3. The molecule has 3 nitrogen and oxygen atoms in total. The summed E-state index contributed by atoms with van der Waals surface area (Å²) in [7, 11) is 0. The van der Waals surface area contributed by atoms with Crippen LogP contribution in [0.15, 0.2) is 40.6 Å². The van der Waals surface area contributed by atoms with Crippen molar-refractivity contribution in [2.45, 2.75) is 23.5 Å². The summed E-state index contributed by atoms with van der Waals surface area (Å²) in [4.78, 5) is 8.19. The molecule has 1 heterocycles. The minimum Gasteiger partial charge on any atom is -0.339 e. The van der Waals surface area contributed by atoms with Crippen LogP contribution in [0.25, 0.3) is 0 Å². The first-order chi connectivity index (χ1) is 8.29. The summed E-state index contributed by atoms with van der Waals surface area (Å²) in [5, 5.41) is 4.02. The summed E-state index contributed by atoms with van der Waals surface area (Å²) in [6, 6.07) is 4.82. The Balaban J connectivity index is 2.19. The summed E-state index contributed by atoms with van der Waals surface area (Å²) >= 11 is 1.51. The Morgan fingerprint density at radius 3 is 3.06 bits per heavy atom. The van der Waals surface area contributed by atoms with E-state index in [1.54, 1.807) is 24.5 Å². The minimum atomic E-state index is -0.207. The molecule has 90 valence electrons. The van der Waals surface area contributed by atoms with Crippen LogP contribution in [-0.4, -0.2) is 16.5 Å². The Morgan fingerprint density at radius 2 is 2.35 bits per heavy atom. The second-order valence-corrected chi connectivity index (χ2v) is 4.56. The summed E-state index contributed by atoms with van der Waals surface area (Å²) < 4.78 is 13.2. The van der Waals surface area contributed by atoms with Gasteiger partial charge in [0.05, 0.1) is 0 Å². The van der Waals surface area contributed by atoms with Gasteiger partial charge in [-0.3, -0.25) is 0 Å². The maximum atomic E-state index is 13.2. The van der Waals surface area contributed by atoms with E-state index in [1.165, 1.54) is 17.8 Å². The molecule has 0 radical (unpaired) electrons. The van der Waals surface area contributed by atoms with Crippen LogP contribution in [0.2, 0.25) is 0 Å². The molecule has 0 bridgehead atoms. The monoisotopic (exact) mass is 251 g/mol. The molecule has 5 heteroatoms. The molecule has 0 saturated heterocycles. The average molecular weight is 251 g/mol. The van der Waals surface area contributed by atoms with Crippen molar-refractivity contribution in [3.8, 4) is 0 Å². The molecular weight excluding hydrogens is 237 g/mol. The lowest BCUT2D eigenvalue weighted by atomic mass is 10.2. The number of aromatic amines is 1. The molecule has 1 aromatic carbocycles. The highest BCUT2D eigenvalue weighted by atomic mass is 32.2. The van der Waals surface area contributed by atoms with Crippen molar-refractivity contribution in [1.82, 2.24) is 15.3 Å². The third-order valence-electron chi connectivity index (χ3n) is 2.27. The van der Waals surface area contributed by atoms with E-state index in [-0.39, 0.29) is 5.82 Å². The van der Waals surface area contributed by atoms with Gasteiger partial charge in [0.15, 0.2) is 5.16 Å². The molecule has 1 aromatic heterocycles. The molecule has 0 aliphatic rings. The first kappa shape index (κ1) is 12.1. The highest BCUT2D eigenvalue weighted by molar-refractivity contribution is 7.99. The molecule has 2 aromatic rings. The number of rotatable bonds is 5. The quantitative estimate of drug-likeness (QED) is 0.858. The van der Waals surface area contributed by atoms with E-state index >= 15 is 0 Å². The van der Waals surface area contributed by atoms with Gasteiger partial charge in [-0.15, -0.1) is 0 Å². The molecular formula is C12H14FN3S. The number of benzene rings is 1. The Labute approximate surface area is 104 Å². The fraction of sp³-hybridized carbons (Fsp3) is 0.250. The number of aromatic nitrogens is 2. The van der Waals surface area contributed by atoms with Crippen molar-refractivity contribution in [3.63, 3.8) is 0 Å². The zero-order chi connectivity index (χ0) is 12.1. The average Bonchev–Trinajstić information content (AvgIpc) is 2.82. The molecule has 0 aliphatic carbocycles.